The fraction of sp³-hybridized carbons (Fsp3) is 0.200. The number of rotatable bonds is 2. The van der Waals surface area contributed by atoms with Crippen LogP contribution in [0.15, 0.2) is 42.5 Å². The molecule has 0 amide bonds. The quantitative estimate of drug-likeness (QED) is 0.724. The summed E-state index contributed by atoms with van der Waals surface area (Å²) < 4.78 is 5.74. The molecule has 0 bridgehead atoms. The lowest BCUT2D eigenvalue weighted by atomic mass is 10.0. The molecule has 18 heavy (non-hydrogen) atoms. The Bertz CT molecular complexity index is 568. The van der Waals surface area contributed by atoms with Gasteiger partial charge in [-0.25, -0.2) is 0 Å². The van der Waals surface area contributed by atoms with Crippen molar-refractivity contribution in [1.29, 1.82) is 0 Å². The molecular formula is C15H12BrClO. The van der Waals surface area contributed by atoms with Crippen LogP contribution in [0.4, 0.5) is 0 Å². The summed E-state index contributed by atoms with van der Waals surface area (Å²) >= 11 is 9.93. The zero-order valence-electron chi connectivity index (χ0n) is 9.70. The molecule has 0 saturated heterocycles. The summed E-state index contributed by atoms with van der Waals surface area (Å²) in [7, 11) is 0. The van der Waals surface area contributed by atoms with Gasteiger partial charge in [0.05, 0.1) is 11.4 Å². The summed E-state index contributed by atoms with van der Waals surface area (Å²) in [6, 6.07) is 14.3. The number of hydrogen-bond acceptors (Lipinski definition) is 1. The number of hydrogen-bond donors (Lipinski definition) is 0. The summed E-state index contributed by atoms with van der Waals surface area (Å²) in [4.78, 5) is 0.115. The van der Waals surface area contributed by atoms with Crippen molar-refractivity contribution in [3.05, 3.63) is 64.2 Å². The summed E-state index contributed by atoms with van der Waals surface area (Å²) in [5.74, 6) is 0.991. The van der Waals surface area contributed by atoms with Gasteiger partial charge < -0.3 is 4.74 Å². The Kier molecular flexibility index (Phi) is 3.31. The molecule has 1 atom stereocenters. The van der Waals surface area contributed by atoms with Gasteiger partial charge in [0.2, 0.25) is 0 Å². The van der Waals surface area contributed by atoms with Gasteiger partial charge in [0.25, 0.3) is 0 Å². The smallest absolute Gasteiger partial charge is 0.127 e. The molecule has 3 heteroatoms. The first kappa shape index (κ1) is 12.1. The van der Waals surface area contributed by atoms with Crippen molar-refractivity contribution in [2.24, 2.45) is 0 Å². The molecule has 0 saturated carbocycles. The molecule has 0 spiro atoms. The highest BCUT2D eigenvalue weighted by molar-refractivity contribution is 9.09. The first-order valence-corrected chi connectivity index (χ1v) is 7.19. The Morgan fingerprint density at radius 1 is 1.17 bits per heavy atom. The van der Waals surface area contributed by atoms with Crippen molar-refractivity contribution in [2.75, 3.05) is 6.61 Å². The van der Waals surface area contributed by atoms with Crippen LogP contribution in [0.1, 0.15) is 21.5 Å². The monoisotopic (exact) mass is 322 g/mol. The van der Waals surface area contributed by atoms with Crippen LogP contribution in [-0.4, -0.2) is 6.61 Å². The van der Waals surface area contributed by atoms with E-state index in [1.165, 1.54) is 11.1 Å². The molecule has 3 rings (SSSR count). The van der Waals surface area contributed by atoms with Gasteiger partial charge in [-0.3, -0.25) is 0 Å². The van der Waals surface area contributed by atoms with Crippen LogP contribution in [0.5, 0.6) is 5.75 Å². The first-order valence-electron chi connectivity index (χ1n) is 5.90. The number of alkyl halides is 1. The zero-order valence-corrected chi connectivity index (χ0v) is 12.0. The van der Waals surface area contributed by atoms with E-state index >= 15 is 0 Å². The summed E-state index contributed by atoms with van der Waals surface area (Å²) in [5.41, 5.74) is 3.52. The van der Waals surface area contributed by atoms with Gasteiger partial charge in [-0.05, 0) is 23.3 Å². The molecule has 92 valence electrons. The molecule has 0 aromatic heterocycles. The second-order valence-electron chi connectivity index (χ2n) is 4.35. The standard InChI is InChI=1S/C15H12BrClO/c16-14(10-4-2-1-3-5-10)13-9-12(17)8-11-6-7-18-15(11)13/h1-5,8-9,14H,6-7H2. The Hall–Kier alpha value is -0.990. The number of fused-ring (bicyclic) bond motifs is 1. The molecule has 0 radical (unpaired) electrons. The van der Waals surface area contributed by atoms with Crippen LogP contribution in [0, 0.1) is 0 Å². The SMILES string of the molecule is Clc1cc2c(c(C(Br)c3ccccc3)c1)OCC2. The highest BCUT2D eigenvalue weighted by Gasteiger charge is 2.22. The summed E-state index contributed by atoms with van der Waals surface area (Å²) in [6.07, 6.45) is 0.942. The largest absolute Gasteiger partial charge is 0.493 e. The maximum atomic E-state index is 6.18. The van der Waals surface area contributed by atoms with Crippen molar-refractivity contribution in [2.45, 2.75) is 11.2 Å². The van der Waals surface area contributed by atoms with E-state index in [2.05, 4.69) is 28.1 Å². The average molecular weight is 324 g/mol. The molecule has 1 aliphatic rings. The maximum absolute atomic E-state index is 6.18. The fourth-order valence-corrected chi connectivity index (χ4v) is 3.18. The van der Waals surface area contributed by atoms with Gasteiger partial charge in [0, 0.05) is 17.0 Å². The highest BCUT2D eigenvalue weighted by Crippen LogP contribution is 2.42. The molecule has 1 nitrogen and oxygen atoms in total. The van der Waals surface area contributed by atoms with Crippen molar-refractivity contribution < 1.29 is 4.74 Å². The van der Waals surface area contributed by atoms with Crippen LogP contribution in [-0.2, 0) is 6.42 Å². The normalized spacial score (nSPS) is 15.0. The van der Waals surface area contributed by atoms with Crippen LogP contribution in [0.3, 0.4) is 0 Å². The van der Waals surface area contributed by atoms with E-state index < -0.39 is 0 Å². The highest BCUT2D eigenvalue weighted by atomic mass is 79.9. The third-order valence-corrected chi connectivity index (χ3v) is 4.38. The Labute approximate surface area is 120 Å². The summed E-state index contributed by atoms with van der Waals surface area (Å²) in [5, 5.41) is 0.773. The molecule has 0 N–H and O–H groups in total. The van der Waals surface area contributed by atoms with Gasteiger partial charge in [0.1, 0.15) is 5.75 Å². The Balaban J connectivity index is 2.07. The predicted molar refractivity (Wildman–Crippen MR) is 77.9 cm³/mol. The first-order chi connectivity index (χ1) is 8.75. The lowest BCUT2D eigenvalue weighted by Gasteiger charge is -2.15. The van der Waals surface area contributed by atoms with Gasteiger partial charge in [-0.15, -0.1) is 0 Å². The van der Waals surface area contributed by atoms with Gasteiger partial charge in [-0.2, -0.15) is 0 Å². The van der Waals surface area contributed by atoms with E-state index in [9.17, 15) is 0 Å². The molecule has 1 aliphatic heterocycles. The van der Waals surface area contributed by atoms with E-state index in [4.69, 9.17) is 16.3 Å². The molecular weight excluding hydrogens is 312 g/mol. The molecule has 2 aromatic rings. The fourth-order valence-electron chi connectivity index (χ4n) is 2.29. The van der Waals surface area contributed by atoms with Crippen LogP contribution in [0.25, 0.3) is 0 Å². The Morgan fingerprint density at radius 3 is 2.72 bits per heavy atom. The van der Waals surface area contributed by atoms with Gasteiger partial charge in [-0.1, -0.05) is 57.9 Å². The predicted octanol–water partition coefficient (Wildman–Crippen LogP) is 4.76. The lowest BCUT2D eigenvalue weighted by molar-refractivity contribution is 0.354. The summed E-state index contributed by atoms with van der Waals surface area (Å²) in [6.45, 7) is 0.747. The minimum Gasteiger partial charge on any atom is -0.493 e. The van der Waals surface area contributed by atoms with E-state index in [1.54, 1.807) is 0 Å². The van der Waals surface area contributed by atoms with Crippen molar-refractivity contribution in [3.8, 4) is 5.75 Å². The lowest BCUT2D eigenvalue weighted by Crippen LogP contribution is -1.97. The third-order valence-electron chi connectivity index (χ3n) is 3.14. The third kappa shape index (κ3) is 2.15. The average Bonchev–Trinajstić information content (AvgIpc) is 2.86. The minimum absolute atomic E-state index is 0.115. The van der Waals surface area contributed by atoms with Crippen molar-refractivity contribution in [1.82, 2.24) is 0 Å². The molecule has 2 aromatic carbocycles. The van der Waals surface area contributed by atoms with E-state index in [0.717, 1.165) is 29.4 Å². The van der Waals surface area contributed by atoms with Crippen LogP contribution >= 0.6 is 27.5 Å². The van der Waals surface area contributed by atoms with Crippen LogP contribution in [0.2, 0.25) is 5.02 Å². The van der Waals surface area contributed by atoms with Crippen molar-refractivity contribution in [3.63, 3.8) is 0 Å². The van der Waals surface area contributed by atoms with Crippen molar-refractivity contribution >= 4 is 27.5 Å². The second-order valence-corrected chi connectivity index (χ2v) is 5.71. The van der Waals surface area contributed by atoms with E-state index in [1.807, 2.05) is 30.3 Å². The molecule has 1 unspecified atom stereocenters. The molecule has 0 aliphatic carbocycles. The van der Waals surface area contributed by atoms with E-state index in [-0.39, 0.29) is 4.83 Å². The number of benzene rings is 2. The zero-order chi connectivity index (χ0) is 12.5. The van der Waals surface area contributed by atoms with Gasteiger partial charge >= 0.3 is 0 Å². The number of ether oxygens (including phenoxy) is 1. The van der Waals surface area contributed by atoms with E-state index in [0.29, 0.717) is 0 Å². The molecule has 1 heterocycles. The molecule has 0 fully saturated rings. The minimum atomic E-state index is 0.115. The van der Waals surface area contributed by atoms with Gasteiger partial charge in [0.15, 0.2) is 0 Å². The topological polar surface area (TPSA) is 9.23 Å². The Morgan fingerprint density at radius 2 is 1.94 bits per heavy atom. The second kappa shape index (κ2) is 4.94. The number of halogens is 2. The van der Waals surface area contributed by atoms with Crippen LogP contribution < -0.4 is 4.74 Å². The maximum Gasteiger partial charge on any atom is 0.127 e.